The van der Waals surface area contributed by atoms with Crippen LogP contribution in [0, 0.1) is 0 Å². The Morgan fingerprint density at radius 2 is 2.00 bits per heavy atom. The third-order valence-electron chi connectivity index (χ3n) is 5.82. The molecule has 1 aliphatic heterocycles. The van der Waals surface area contributed by atoms with Crippen LogP contribution in [-0.4, -0.2) is 41.5 Å². The summed E-state index contributed by atoms with van der Waals surface area (Å²) >= 11 is 0. The first-order valence-electron chi connectivity index (χ1n) is 11.2. The van der Waals surface area contributed by atoms with Gasteiger partial charge in [-0.3, -0.25) is 9.69 Å². The lowest BCUT2D eigenvalue weighted by atomic mass is 10.1. The van der Waals surface area contributed by atoms with Crippen molar-refractivity contribution in [1.82, 2.24) is 9.80 Å². The summed E-state index contributed by atoms with van der Waals surface area (Å²) in [4.78, 5) is 28.5. The first-order valence-corrected chi connectivity index (χ1v) is 11.2. The summed E-state index contributed by atoms with van der Waals surface area (Å²) in [6.07, 6.45) is 12.8. The van der Waals surface area contributed by atoms with Gasteiger partial charge < -0.3 is 14.4 Å². The third kappa shape index (κ3) is 5.83. The highest BCUT2D eigenvalue weighted by Crippen LogP contribution is 2.29. The molecule has 1 heterocycles. The van der Waals surface area contributed by atoms with Gasteiger partial charge in [0, 0.05) is 19.5 Å². The molecule has 33 heavy (non-hydrogen) atoms. The maximum Gasteiger partial charge on any atom is 0.419 e. The highest BCUT2D eigenvalue weighted by molar-refractivity contribution is 5.80. The normalized spacial score (nSPS) is 20.4. The Kier molecular flexibility index (Phi) is 7.93. The molecule has 2 amide bonds. The van der Waals surface area contributed by atoms with E-state index in [9.17, 15) is 9.59 Å². The predicted molar refractivity (Wildman–Crippen MR) is 130 cm³/mol. The van der Waals surface area contributed by atoms with E-state index in [0.29, 0.717) is 22.9 Å². The lowest BCUT2D eigenvalue weighted by Crippen LogP contribution is -2.52. The van der Waals surface area contributed by atoms with Crippen molar-refractivity contribution in [2.24, 2.45) is 0 Å². The number of carbonyl (C=O) groups excluding carboxylic acids is 2. The second-order valence-electron chi connectivity index (χ2n) is 8.28. The minimum atomic E-state index is -0.552. The van der Waals surface area contributed by atoms with Gasteiger partial charge in [0.15, 0.2) is 0 Å². The summed E-state index contributed by atoms with van der Waals surface area (Å²) in [6, 6.07) is 6.63. The SMILES string of the molecule is C=C1/C(=C\C=C\C2=C(C)CCCC=C2)N(C(C)=O)[C@@H](C)CN1C(=O)Oc1cccc(OC)c1. The topological polar surface area (TPSA) is 59.1 Å². The third-order valence-corrected chi connectivity index (χ3v) is 5.82. The number of piperazine rings is 1. The van der Waals surface area contributed by atoms with E-state index >= 15 is 0 Å². The number of carbonyl (C=O) groups is 2. The van der Waals surface area contributed by atoms with Crippen LogP contribution in [0.5, 0.6) is 11.5 Å². The molecule has 0 bridgehead atoms. The molecule has 0 spiro atoms. The number of methoxy groups -OCH3 is 1. The van der Waals surface area contributed by atoms with Crippen molar-refractivity contribution >= 4 is 12.0 Å². The summed E-state index contributed by atoms with van der Waals surface area (Å²) in [7, 11) is 1.55. The average molecular weight is 449 g/mol. The Morgan fingerprint density at radius 3 is 2.73 bits per heavy atom. The van der Waals surface area contributed by atoms with E-state index in [0.717, 1.165) is 19.3 Å². The van der Waals surface area contributed by atoms with E-state index < -0.39 is 6.09 Å². The van der Waals surface area contributed by atoms with Gasteiger partial charge in [-0.15, -0.1) is 0 Å². The number of benzene rings is 1. The van der Waals surface area contributed by atoms with Crippen LogP contribution in [0.25, 0.3) is 0 Å². The van der Waals surface area contributed by atoms with E-state index in [1.807, 2.05) is 25.2 Å². The van der Waals surface area contributed by atoms with Crippen LogP contribution in [0.4, 0.5) is 4.79 Å². The van der Waals surface area contributed by atoms with Gasteiger partial charge in [-0.25, -0.2) is 4.79 Å². The van der Waals surface area contributed by atoms with Crippen molar-refractivity contribution < 1.29 is 19.1 Å². The van der Waals surface area contributed by atoms with Crippen molar-refractivity contribution in [3.63, 3.8) is 0 Å². The van der Waals surface area contributed by atoms with Crippen LogP contribution in [0.3, 0.4) is 0 Å². The number of allylic oxidation sites excluding steroid dienone is 7. The van der Waals surface area contributed by atoms with Gasteiger partial charge in [0.25, 0.3) is 0 Å². The summed E-state index contributed by atoms with van der Waals surface area (Å²) in [5, 5.41) is 0. The van der Waals surface area contributed by atoms with Gasteiger partial charge in [-0.1, -0.05) is 42.5 Å². The number of hydrogen-bond acceptors (Lipinski definition) is 4. The second kappa shape index (κ2) is 10.9. The smallest absolute Gasteiger partial charge is 0.419 e. The predicted octanol–water partition coefficient (Wildman–Crippen LogP) is 5.76. The van der Waals surface area contributed by atoms with Gasteiger partial charge in [0.2, 0.25) is 5.91 Å². The molecule has 3 rings (SSSR count). The summed E-state index contributed by atoms with van der Waals surface area (Å²) < 4.78 is 10.8. The molecule has 6 nitrogen and oxygen atoms in total. The van der Waals surface area contributed by atoms with Crippen molar-refractivity contribution in [2.75, 3.05) is 13.7 Å². The van der Waals surface area contributed by atoms with Gasteiger partial charge in [-0.05, 0) is 56.9 Å². The van der Waals surface area contributed by atoms with E-state index in [2.05, 4.69) is 25.7 Å². The maximum absolute atomic E-state index is 13.0. The number of amides is 2. The molecule has 1 aliphatic carbocycles. The molecule has 2 aliphatic rings. The molecule has 0 unspecified atom stereocenters. The monoisotopic (exact) mass is 448 g/mol. The largest absolute Gasteiger partial charge is 0.497 e. The molecule has 1 aromatic rings. The Hall–Kier alpha value is -3.54. The van der Waals surface area contributed by atoms with Crippen LogP contribution in [-0.2, 0) is 4.79 Å². The number of ether oxygens (including phenoxy) is 2. The Bertz CT molecular complexity index is 1050. The minimum Gasteiger partial charge on any atom is -0.497 e. The Balaban J connectivity index is 1.86. The Morgan fingerprint density at radius 1 is 1.24 bits per heavy atom. The lowest BCUT2D eigenvalue weighted by Gasteiger charge is -2.41. The average Bonchev–Trinajstić information content (AvgIpc) is 2.99. The molecule has 1 atom stereocenters. The lowest BCUT2D eigenvalue weighted by molar-refractivity contribution is -0.129. The minimum absolute atomic E-state index is 0.103. The van der Waals surface area contributed by atoms with E-state index in [-0.39, 0.29) is 18.5 Å². The fourth-order valence-electron chi connectivity index (χ4n) is 4.06. The van der Waals surface area contributed by atoms with Gasteiger partial charge in [-0.2, -0.15) is 0 Å². The molecular weight excluding hydrogens is 416 g/mol. The molecule has 6 heteroatoms. The van der Waals surface area contributed by atoms with Crippen LogP contribution in [0.1, 0.15) is 40.0 Å². The highest BCUT2D eigenvalue weighted by atomic mass is 16.6. The quantitative estimate of drug-likeness (QED) is 0.588. The number of hydrogen-bond donors (Lipinski definition) is 0. The van der Waals surface area contributed by atoms with Crippen molar-refractivity contribution in [2.45, 2.75) is 46.1 Å². The number of nitrogens with zero attached hydrogens (tertiary/aromatic N) is 2. The van der Waals surface area contributed by atoms with Gasteiger partial charge >= 0.3 is 6.09 Å². The van der Waals surface area contributed by atoms with Crippen molar-refractivity contribution in [3.05, 3.63) is 83.8 Å². The van der Waals surface area contributed by atoms with E-state index in [1.165, 1.54) is 23.0 Å². The molecule has 0 aromatic heterocycles. The standard InChI is InChI=1S/C27H32N2O4/c1-19-11-7-6-8-12-23(19)13-9-16-26-21(3)28(18-20(2)29(26)22(4)30)27(31)33-25-15-10-14-24(17-25)32-5/h8-10,12-17,20H,3,6-7,11,18H2,1-2,4-5H3/b13-9+,26-16+/t20-/m0/s1. The molecule has 0 radical (unpaired) electrons. The van der Waals surface area contributed by atoms with Crippen molar-refractivity contribution in [3.8, 4) is 11.5 Å². The molecule has 1 saturated heterocycles. The summed E-state index contributed by atoms with van der Waals surface area (Å²) in [5.41, 5.74) is 3.50. The molecule has 1 aromatic carbocycles. The molecule has 0 N–H and O–H groups in total. The molecule has 1 fully saturated rings. The zero-order chi connectivity index (χ0) is 24.0. The summed E-state index contributed by atoms with van der Waals surface area (Å²) in [5.74, 6) is 0.868. The molecule has 174 valence electrons. The Labute approximate surface area is 196 Å². The van der Waals surface area contributed by atoms with E-state index in [4.69, 9.17) is 9.47 Å². The maximum atomic E-state index is 13.0. The first-order chi connectivity index (χ1) is 15.8. The van der Waals surface area contributed by atoms with Crippen LogP contribution < -0.4 is 9.47 Å². The van der Waals surface area contributed by atoms with Gasteiger partial charge in [0.05, 0.1) is 24.5 Å². The second-order valence-corrected chi connectivity index (χ2v) is 8.28. The molecular formula is C27H32N2O4. The zero-order valence-corrected chi connectivity index (χ0v) is 19.8. The first kappa shape index (κ1) is 24.1. The number of rotatable bonds is 4. The van der Waals surface area contributed by atoms with E-state index in [1.54, 1.807) is 36.3 Å². The van der Waals surface area contributed by atoms with Crippen LogP contribution in [0.15, 0.2) is 83.8 Å². The van der Waals surface area contributed by atoms with Crippen LogP contribution in [0.2, 0.25) is 0 Å². The zero-order valence-electron chi connectivity index (χ0n) is 19.8. The highest BCUT2D eigenvalue weighted by Gasteiger charge is 2.35. The fraction of sp³-hybridized carbons (Fsp3) is 0.333. The molecule has 0 saturated carbocycles. The van der Waals surface area contributed by atoms with Crippen LogP contribution >= 0.6 is 0 Å². The van der Waals surface area contributed by atoms with Crippen molar-refractivity contribution in [1.29, 1.82) is 0 Å². The van der Waals surface area contributed by atoms with Gasteiger partial charge in [0.1, 0.15) is 11.5 Å². The summed E-state index contributed by atoms with van der Waals surface area (Å²) in [6.45, 7) is 9.96. The fourth-order valence-corrected chi connectivity index (χ4v) is 4.06.